The zero-order valence-electron chi connectivity index (χ0n) is 15.0. The van der Waals surface area contributed by atoms with Gasteiger partial charge in [0.15, 0.2) is 5.82 Å². The van der Waals surface area contributed by atoms with Gasteiger partial charge in [-0.1, -0.05) is 29.8 Å². The molecule has 2 aromatic rings. The lowest BCUT2D eigenvalue weighted by molar-refractivity contribution is -0.0238. The highest BCUT2D eigenvalue weighted by molar-refractivity contribution is 5.55. The number of nitrogens with zero attached hydrogens (tertiary/aromatic N) is 3. The smallest absolute Gasteiger partial charge is 0.166 e. The molecule has 1 fully saturated rings. The van der Waals surface area contributed by atoms with Crippen molar-refractivity contribution in [1.29, 1.82) is 5.26 Å². The molecular formula is C20H24N4O. The van der Waals surface area contributed by atoms with Gasteiger partial charge in [0, 0.05) is 19.1 Å². The van der Waals surface area contributed by atoms with Crippen molar-refractivity contribution in [2.24, 2.45) is 5.92 Å². The van der Waals surface area contributed by atoms with Gasteiger partial charge in [0.25, 0.3) is 0 Å². The number of hydrogen-bond acceptors (Lipinski definition) is 5. The fourth-order valence-corrected chi connectivity index (χ4v) is 3.27. The summed E-state index contributed by atoms with van der Waals surface area (Å²) in [6, 6.07) is 10.8. The van der Waals surface area contributed by atoms with E-state index in [0.717, 1.165) is 30.7 Å². The molecule has 0 bridgehead atoms. The predicted molar refractivity (Wildman–Crippen MR) is 97.3 cm³/mol. The van der Waals surface area contributed by atoms with Crippen molar-refractivity contribution in [3.63, 3.8) is 0 Å². The second-order valence-corrected chi connectivity index (χ2v) is 6.73. The van der Waals surface area contributed by atoms with Crippen LogP contribution in [0.4, 0.5) is 5.82 Å². The summed E-state index contributed by atoms with van der Waals surface area (Å²) in [5, 5.41) is 21.1. The van der Waals surface area contributed by atoms with Crippen LogP contribution < -0.4 is 5.32 Å². The van der Waals surface area contributed by atoms with Gasteiger partial charge in [-0.15, -0.1) is 5.10 Å². The van der Waals surface area contributed by atoms with E-state index in [-0.39, 0.29) is 6.10 Å². The molecule has 130 valence electrons. The van der Waals surface area contributed by atoms with Crippen molar-refractivity contribution in [3.8, 4) is 6.07 Å². The Morgan fingerprint density at radius 3 is 2.68 bits per heavy atom. The van der Waals surface area contributed by atoms with Gasteiger partial charge >= 0.3 is 0 Å². The topological polar surface area (TPSA) is 70.8 Å². The SMILES string of the molecule is Cc1ccc(C2OCCCC2CNc2nnc(C)c(C)c2C#N)cc1. The fraction of sp³-hybridized carbons (Fsp3) is 0.450. The minimum Gasteiger partial charge on any atom is -0.373 e. The van der Waals surface area contributed by atoms with E-state index in [0.29, 0.717) is 23.8 Å². The maximum atomic E-state index is 9.43. The van der Waals surface area contributed by atoms with Crippen LogP contribution in [-0.2, 0) is 4.74 Å². The molecule has 25 heavy (non-hydrogen) atoms. The van der Waals surface area contributed by atoms with E-state index in [2.05, 4.69) is 52.8 Å². The first-order valence-corrected chi connectivity index (χ1v) is 8.76. The summed E-state index contributed by atoms with van der Waals surface area (Å²) < 4.78 is 6.06. The highest BCUT2D eigenvalue weighted by atomic mass is 16.5. The molecule has 3 rings (SSSR count). The molecular weight excluding hydrogens is 312 g/mol. The molecule has 0 radical (unpaired) electrons. The zero-order chi connectivity index (χ0) is 17.8. The van der Waals surface area contributed by atoms with Gasteiger partial charge < -0.3 is 10.1 Å². The summed E-state index contributed by atoms with van der Waals surface area (Å²) in [6.07, 6.45) is 2.22. The summed E-state index contributed by atoms with van der Waals surface area (Å²) in [7, 11) is 0. The Morgan fingerprint density at radius 2 is 1.96 bits per heavy atom. The molecule has 1 aromatic heterocycles. The van der Waals surface area contributed by atoms with E-state index < -0.39 is 0 Å². The lowest BCUT2D eigenvalue weighted by Gasteiger charge is -2.32. The second-order valence-electron chi connectivity index (χ2n) is 6.73. The van der Waals surface area contributed by atoms with Crippen LogP contribution in [0.1, 0.15) is 46.9 Å². The van der Waals surface area contributed by atoms with Crippen LogP contribution in [-0.4, -0.2) is 23.3 Å². The molecule has 1 aromatic carbocycles. The highest BCUT2D eigenvalue weighted by Gasteiger charge is 2.27. The van der Waals surface area contributed by atoms with Crippen LogP contribution in [0.2, 0.25) is 0 Å². The third-order valence-electron chi connectivity index (χ3n) is 4.95. The van der Waals surface area contributed by atoms with Crippen molar-refractivity contribution in [2.45, 2.75) is 39.7 Å². The Kier molecular flexibility index (Phi) is 5.30. The number of aryl methyl sites for hydroxylation is 2. The van der Waals surface area contributed by atoms with Crippen molar-refractivity contribution in [1.82, 2.24) is 10.2 Å². The molecule has 1 aliphatic rings. The third kappa shape index (κ3) is 3.80. The van der Waals surface area contributed by atoms with Gasteiger partial charge in [0.1, 0.15) is 11.6 Å². The minimum atomic E-state index is 0.0758. The predicted octanol–water partition coefficient (Wildman–Crippen LogP) is 3.85. The van der Waals surface area contributed by atoms with Gasteiger partial charge in [-0.05, 0) is 44.7 Å². The van der Waals surface area contributed by atoms with Crippen LogP contribution in [0.5, 0.6) is 0 Å². The standard InChI is InChI=1S/C20H24N4O/c1-13-6-8-16(9-7-13)19-17(5-4-10-25-19)12-22-20-18(11-21)14(2)15(3)23-24-20/h6-9,17,19H,4-5,10,12H2,1-3H3,(H,22,24). The minimum absolute atomic E-state index is 0.0758. The molecule has 5 heteroatoms. The first-order chi connectivity index (χ1) is 12.1. The van der Waals surface area contributed by atoms with Gasteiger partial charge in [-0.25, -0.2) is 0 Å². The first kappa shape index (κ1) is 17.4. The molecule has 1 N–H and O–H groups in total. The molecule has 1 aliphatic heterocycles. The fourth-order valence-electron chi connectivity index (χ4n) is 3.27. The van der Waals surface area contributed by atoms with E-state index in [1.165, 1.54) is 11.1 Å². The maximum Gasteiger partial charge on any atom is 0.166 e. The molecule has 0 aliphatic carbocycles. The van der Waals surface area contributed by atoms with E-state index >= 15 is 0 Å². The molecule has 0 saturated carbocycles. The number of nitriles is 1. The van der Waals surface area contributed by atoms with Crippen LogP contribution in [0, 0.1) is 38.0 Å². The number of ether oxygens (including phenoxy) is 1. The third-order valence-corrected chi connectivity index (χ3v) is 4.95. The maximum absolute atomic E-state index is 9.43. The largest absolute Gasteiger partial charge is 0.373 e. The Hall–Kier alpha value is -2.45. The van der Waals surface area contributed by atoms with Crippen molar-refractivity contribution >= 4 is 5.82 Å². The Labute approximate surface area is 149 Å². The molecule has 2 heterocycles. The first-order valence-electron chi connectivity index (χ1n) is 8.76. The number of hydrogen-bond donors (Lipinski definition) is 1. The van der Waals surface area contributed by atoms with E-state index in [9.17, 15) is 5.26 Å². The highest BCUT2D eigenvalue weighted by Crippen LogP contribution is 2.34. The average Bonchev–Trinajstić information content (AvgIpc) is 2.64. The molecule has 5 nitrogen and oxygen atoms in total. The number of rotatable bonds is 4. The van der Waals surface area contributed by atoms with Crippen LogP contribution in [0.15, 0.2) is 24.3 Å². The van der Waals surface area contributed by atoms with Crippen LogP contribution >= 0.6 is 0 Å². The van der Waals surface area contributed by atoms with E-state index in [4.69, 9.17) is 4.74 Å². The molecule has 2 atom stereocenters. The number of nitrogens with one attached hydrogen (secondary N) is 1. The van der Waals surface area contributed by atoms with Gasteiger partial charge in [-0.3, -0.25) is 0 Å². The lowest BCUT2D eigenvalue weighted by Crippen LogP contribution is -2.28. The average molecular weight is 336 g/mol. The van der Waals surface area contributed by atoms with Crippen molar-refractivity contribution in [2.75, 3.05) is 18.5 Å². The number of benzene rings is 1. The zero-order valence-corrected chi connectivity index (χ0v) is 15.0. The van der Waals surface area contributed by atoms with Crippen LogP contribution in [0.3, 0.4) is 0 Å². The monoisotopic (exact) mass is 336 g/mol. The van der Waals surface area contributed by atoms with Gasteiger partial charge in [0.05, 0.1) is 11.8 Å². The van der Waals surface area contributed by atoms with Gasteiger partial charge in [-0.2, -0.15) is 10.4 Å². The Morgan fingerprint density at radius 1 is 1.20 bits per heavy atom. The lowest BCUT2D eigenvalue weighted by atomic mass is 9.89. The molecule has 0 spiro atoms. The summed E-state index contributed by atoms with van der Waals surface area (Å²) in [6.45, 7) is 7.38. The number of aromatic nitrogens is 2. The molecule has 2 unspecified atom stereocenters. The molecule has 0 amide bonds. The summed E-state index contributed by atoms with van der Waals surface area (Å²) in [4.78, 5) is 0. The summed E-state index contributed by atoms with van der Waals surface area (Å²) in [5.41, 5.74) is 4.72. The van der Waals surface area contributed by atoms with Crippen LogP contribution in [0.25, 0.3) is 0 Å². The van der Waals surface area contributed by atoms with E-state index in [1.807, 2.05) is 13.8 Å². The molecule has 1 saturated heterocycles. The summed E-state index contributed by atoms with van der Waals surface area (Å²) >= 11 is 0. The Balaban J connectivity index is 1.76. The van der Waals surface area contributed by atoms with Gasteiger partial charge in [0.2, 0.25) is 0 Å². The van der Waals surface area contributed by atoms with Crippen molar-refractivity contribution < 1.29 is 4.74 Å². The van der Waals surface area contributed by atoms with E-state index in [1.54, 1.807) is 0 Å². The summed E-state index contributed by atoms with van der Waals surface area (Å²) in [5.74, 6) is 0.908. The normalized spacial score (nSPS) is 20.1. The Bertz CT molecular complexity index is 780. The number of anilines is 1. The van der Waals surface area contributed by atoms with Crippen molar-refractivity contribution in [3.05, 3.63) is 52.2 Å². The second kappa shape index (κ2) is 7.62. The quantitative estimate of drug-likeness (QED) is 0.918.